The summed E-state index contributed by atoms with van der Waals surface area (Å²) >= 11 is 0. The van der Waals surface area contributed by atoms with Crippen molar-refractivity contribution in [3.8, 4) is 0 Å². The van der Waals surface area contributed by atoms with E-state index >= 15 is 0 Å². The Hall–Kier alpha value is -2.37. The molecule has 1 aliphatic heterocycles. The second-order valence-corrected chi connectivity index (χ2v) is 5.62. The van der Waals surface area contributed by atoms with Crippen LogP contribution >= 0.6 is 0 Å². The van der Waals surface area contributed by atoms with E-state index in [1.165, 1.54) is 0 Å². The second-order valence-electron chi connectivity index (χ2n) is 5.62. The average Bonchev–Trinajstić information content (AvgIpc) is 2.95. The third-order valence-electron chi connectivity index (χ3n) is 4.26. The zero-order valence-corrected chi connectivity index (χ0v) is 11.9. The van der Waals surface area contributed by atoms with Gasteiger partial charge in [-0.1, -0.05) is 6.07 Å². The number of hydrogen-bond donors (Lipinski definition) is 2. The molecular weight excluding hydrogens is 268 g/mol. The number of aromatic amines is 1. The molecule has 2 aromatic rings. The van der Waals surface area contributed by atoms with E-state index in [4.69, 9.17) is 5.73 Å². The highest BCUT2D eigenvalue weighted by atomic mass is 16.2. The predicted molar refractivity (Wildman–Crippen MR) is 78.5 cm³/mol. The van der Waals surface area contributed by atoms with Crippen LogP contribution in [0.4, 0.5) is 0 Å². The van der Waals surface area contributed by atoms with Crippen molar-refractivity contribution in [3.63, 3.8) is 0 Å². The average molecular weight is 286 g/mol. The van der Waals surface area contributed by atoms with Crippen LogP contribution < -0.4 is 5.73 Å². The van der Waals surface area contributed by atoms with E-state index in [2.05, 4.69) is 10.2 Å². The molecule has 21 heavy (non-hydrogen) atoms. The zero-order chi connectivity index (χ0) is 15.0. The van der Waals surface area contributed by atoms with Crippen LogP contribution in [0.25, 0.3) is 10.9 Å². The smallest absolute Gasteiger partial charge is 0.254 e. The molecule has 0 unspecified atom stereocenters. The number of hydrogen-bond acceptors (Lipinski definition) is 3. The van der Waals surface area contributed by atoms with E-state index in [0.717, 1.165) is 23.7 Å². The number of likely N-dealkylation sites (tertiary alicyclic amines) is 1. The van der Waals surface area contributed by atoms with Crippen LogP contribution in [0, 0.1) is 5.92 Å². The molecule has 2 atom stereocenters. The lowest BCUT2D eigenvalue weighted by molar-refractivity contribution is -0.123. The van der Waals surface area contributed by atoms with Gasteiger partial charge < -0.3 is 10.6 Å². The number of carbonyl (C=O) groups excluding carboxylic acids is 2. The normalized spacial score (nSPS) is 22.4. The van der Waals surface area contributed by atoms with Crippen LogP contribution in [0.1, 0.15) is 30.1 Å². The van der Waals surface area contributed by atoms with Crippen molar-refractivity contribution >= 4 is 22.7 Å². The van der Waals surface area contributed by atoms with E-state index in [0.29, 0.717) is 12.1 Å². The number of nitrogens with zero attached hydrogens (tertiary/aromatic N) is 2. The Morgan fingerprint density at radius 3 is 2.95 bits per heavy atom. The maximum absolute atomic E-state index is 12.8. The van der Waals surface area contributed by atoms with Crippen molar-refractivity contribution in [1.82, 2.24) is 15.1 Å². The van der Waals surface area contributed by atoms with E-state index in [-0.39, 0.29) is 23.8 Å². The number of nitrogens with one attached hydrogen (secondary N) is 1. The van der Waals surface area contributed by atoms with Gasteiger partial charge in [0.2, 0.25) is 5.91 Å². The first-order valence-electron chi connectivity index (χ1n) is 7.10. The molecule has 3 N–H and O–H groups in total. The van der Waals surface area contributed by atoms with Gasteiger partial charge in [-0.05, 0) is 31.9 Å². The molecule has 110 valence electrons. The van der Waals surface area contributed by atoms with E-state index in [9.17, 15) is 9.59 Å². The maximum Gasteiger partial charge on any atom is 0.254 e. The van der Waals surface area contributed by atoms with Crippen LogP contribution in [0.3, 0.4) is 0 Å². The van der Waals surface area contributed by atoms with Gasteiger partial charge >= 0.3 is 0 Å². The Morgan fingerprint density at radius 2 is 2.19 bits per heavy atom. The molecule has 1 aromatic carbocycles. The second kappa shape index (κ2) is 5.20. The number of piperidine rings is 1. The first-order valence-corrected chi connectivity index (χ1v) is 7.10. The minimum atomic E-state index is -0.332. The molecule has 0 saturated carbocycles. The fourth-order valence-electron chi connectivity index (χ4n) is 2.93. The molecule has 1 fully saturated rings. The molecule has 0 aliphatic carbocycles. The fraction of sp³-hybridized carbons (Fsp3) is 0.400. The molecule has 1 aromatic heterocycles. The summed E-state index contributed by atoms with van der Waals surface area (Å²) in [6.45, 7) is 2.40. The van der Waals surface area contributed by atoms with Gasteiger partial charge in [0.15, 0.2) is 0 Å². The first-order chi connectivity index (χ1) is 10.1. The minimum absolute atomic E-state index is 0.0690. The summed E-state index contributed by atoms with van der Waals surface area (Å²) in [5, 5.41) is 7.64. The molecule has 6 nitrogen and oxygen atoms in total. The zero-order valence-electron chi connectivity index (χ0n) is 11.9. The third-order valence-corrected chi connectivity index (χ3v) is 4.26. The van der Waals surface area contributed by atoms with Crippen molar-refractivity contribution in [3.05, 3.63) is 30.0 Å². The van der Waals surface area contributed by atoms with E-state index in [1.54, 1.807) is 17.2 Å². The number of nitrogens with two attached hydrogens (primary N) is 1. The van der Waals surface area contributed by atoms with Crippen molar-refractivity contribution in [1.29, 1.82) is 0 Å². The highest BCUT2D eigenvalue weighted by Gasteiger charge is 2.32. The van der Waals surface area contributed by atoms with Gasteiger partial charge in [0.25, 0.3) is 5.91 Å². The summed E-state index contributed by atoms with van der Waals surface area (Å²) in [5.41, 5.74) is 6.84. The Balaban J connectivity index is 1.93. The Kier molecular flexibility index (Phi) is 3.37. The molecule has 0 bridgehead atoms. The number of carbonyl (C=O) groups is 2. The number of primary amides is 1. The van der Waals surface area contributed by atoms with Gasteiger partial charge in [-0.25, -0.2) is 0 Å². The number of amides is 2. The lowest BCUT2D eigenvalue weighted by Gasteiger charge is -2.37. The van der Waals surface area contributed by atoms with Crippen LogP contribution in [0.2, 0.25) is 0 Å². The van der Waals surface area contributed by atoms with E-state index in [1.807, 2.05) is 19.1 Å². The summed E-state index contributed by atoms with van der Waals surface area (Å²) < 4.78 is 0. The summed E-state index contributed by atoms with van der Waals surface area (Å²) in [7, 11) is 0. The molecule has 0 spiro atoms. The monoisotopic (exact) mass is 286 g/mol. The van der Waals surface area contributed by atoms with Crippen LogP contribution in [0.15, 0.2) is 24.4 Å². The quantitative estimate of drug-likeness (QED) is 0.871. The number of benzene rings is 1. The van der Waals surface area contributed by atoms with Crippen LogP contribution in [-0.4, -0.2) is 39.5 Å². The number of rotatable bonds is 2. The van der Waals surface area contributed by atoms with Crippen LogP contribution in [-0.2, 0) is 4.79 Å². The highest BCUT2D eigenvalue weighted by molar-refractivity contribution is 6.06. The molecule has 3 rings (SSSR count). The Morgan fingerprint density at radius 1 is 1.38 bits per heavy atom. The number of H-pyrrole nitrogens is 1. The molecule has 6 heteroatoms. The molecule has 2 amide bonds. The van der Waals surface area contributed by atoms with Crippen molar-refractivity contribution < 1.29 is 9.59 Å². The maximum atomic E-state index is 12.8. The third kappa shape index (κ3) is 2.37. The van der Waals surface area contributed by atoms with Gasteiger partial charge in [0.1, 0.15) is 0 Å². The largest absolute Gasteiger partial charge is 0.369 e. The topological polar surface area (TPSA) is 92.1 Å². The molecular formula is C15H18N4O2. The predicted octanol–water partition coefficient (Wildman–Crippen LogP) is 1.29. The van der Waals surface area contributed by atoms with Gasteiger partial charge in [-0.15, -0.1) is 0 Å². The first kappa shape index (κ1) is 13.6. The van der Waals surface area contributed by atoms with Crippen LogP contribution in [0.5, 0.6) is 0 Å². The summed E-state index contributed by atoms with van der Waals surface area (Å²) in [4.78, 5) is 26.0. The summed E-state index contributed by atoms with van der Waals surface area (Å²) in [6.07, 6.45) is 3.19. The van der Waals surface area contributed by atoms with Gasteiger partial charge in [0.05, 0.1) is 23.2 Å². The van der Waals surface area contributed by atoms with Crippen molar-refractivity contribution in [2.45, 2.75) is 25.8 Å². The lowest BCUT2D eigenvalue weighted by atomic mass is 9.92. The SMILES string of the molecule is C[C@@H]1CC[C@H](C(N)=O)CN1C(=O)c1cccc2[nH]ncc12. The Labute approximate surface area is 122 Å². The number of aromatic nitrogens is 2. The Bertz CT molecular complexity index is 694. The van der Waals surface area contributed by atoms with Gasteiger partial charge in [-0.3, -0.25) is 14.7 Å². The van der Waals surface area contributed by atoms with Gasteiger partial charge in [-0.2, -0.15) is 5.10 Å². The molecule has 0 radical (unpaired) electrons. The van der Waals surface area contributed by atoms with Crippen molar-refractivity contribution in [2.75, 3.05) is 6.54 Å². The lowest BCUT2D eigenvalue weighted by Crippen LogP contribution is -2.48. The highest BCUT2D eigenvalue weighted by Crippen LogP contribution is 2.25. The standard InChI is InChI=1S/C15H18N4O2/c1-9-5-6-10(14(16)20)8-19(9)15(21)11-3-2-4-13-12(11)7-17-18-13/h2-4,7,9-10H,5-6,8H2,1H3,(H2,16,20)(H,17,18)/t9-,10+/m1/s1. The summed E-state index contributed by atoms with van der Waals surface area (Å²) in [6, 6.07) is 5.61. The molecule has 1 aliphatic rings. The van der Waals surface area contributed by atoms with Crippen molar-refractivity contribution in [2.24, 2.45) is 11.7 Å². The van der Waals surface area contributed by atoms with Gasteiger partial charge in [0, 0.05) is 18.0 Å². The fourth-order valence-corrected chi connectivity index (χ4v) is 2.93. The molecule has 2 heterocycles. The molecule has 1 saturated heterocycles. The number of fused-ring (bicyclic) bond motifs is 1. The minimum Gasteiger partial charge on any atom is -0.369 e. The van der Waals surface area contributed by atoms with E-state index < -0.39 is 0 Å². The summed E-state index contributed by atoms with van der Waals surface area (Å²) in [5.74, 6) is -0.657.